The van der Waals surface area contributed by atoms with Crippen LogP contribution in [0.3, 0.4) is 0 Å². The fourth-order valence-electron chi connectivity index (χ4n) is 4.19. The van der Waals surface area contributed by atoms with E-state index in [-0.39, 0.29) is 9.52 Å². The highest BCUT2D eigenvalue weighted by Crippen LogP contribution is 2.19. The van der Waals surface area contributed by atoms with Crippen molar-refractivity contribution in [2.75, 3.05) is 0 Å². The van der Waals surface area contributed by atoms with Gasteiger partial charge in [-0.1, -0.05) is 146 Å². The van der Waals surface area contributed by atoms with E-state index in [1.54, 1.807) is 15.6 Å². The van der Waals surface area contributed by atoms with E-state index < -0.39 is 8.80 Å². The molecule has 0 aliphatic rings. The summed E-state index contributed by atoms with van der Waals surface area (Å²) < 4.78 is 0. The normalized spacial score (nSPS) is 12.7. The molecular formula is C25H32Si2. The van der Waals surface area contributed by atoms with Crippen molar-refractivity contribution in [3.05, 3.63) is 91.0 Å². The van der Waals surface area contributed by atoms with Gasteiger partial charge in [0.25, 0.3) is 0 Å². The number of unbranched alkanes of at least 4 members (excludes halogenated alkanes) is 3. The highest BCUT2D eigenvalue weighted by molar-refractivity contribution is 6.93. The van der Waals surface area contributed by atoms with E-state index in [2.05, 4.69) is 97.9 Å². The zero-order valence-electron chi connectivity index (χ0n) is 16.6. The Kier molecular flexibility index (Phi) is 8.12. The molecular weight excluding hydrogens is 356 g/mol. The minimum absolute atomic E-state index is 0.305. The average Bonchev–Trinajstić information content (AvgIpc) is 2.73. The van der Waals surface area contributed by atoms with Crippen LogP contribution in [-0.2, 0) is 0 Å². The highest BCUT2D eigenvalue weighted by Gasteiger charge is 2.26. The zero-order chi connectivity index (χ0) is 18.7. The number of hydrogen-bond acceptors (Lipinski definition) is 0. The van der Waals surface area contributed by atoms with Crippen molar-refractivity contribution >= 4 is 33.9 Å². The largest absolute Gasteiger partial charge is 0.103 e. The third-order valence-electron chi connectivity index (χ3n) is 5.56. The minimum atomic E-state index is -1.22. The molecule has 2 heteroatoms. The van der Waals surface area contributed by atoms with Crippen LogP contribution in [0.15, 0.2) is 91.0 Å². The summed E-state index contributed by atoms with van der Waals surface area (Å²) in [7, 11) is -1.53. The van der Waals surface area contributed by atoms with Gasteiger partial charge in [0.15, 0.2) is 0 Å². The molecule has 0 amide bonds. The lowest BCUT2D eigenvalue weighted by Crippen LogP contribution is -2.49. The molecule has 0 radical (unpaired) electrons. The summed E-state index contributed by atoms with van der Waals surface area (Å²) in [5.74, 6) is 0. The minimum Gasteiger partial charge on any atom is -0.0669 e. The first-order valence-electron chi connectivity index (χ1n) is 10.5. The fraction of sp³-hybridized carbons (Fsp3) is 0.280. The van der Waals surface area contributed by atoms with E-state index in [0.29, 0.717) is 0 Å². The van der Waals surface area contributed by atoms with Gasteiger partial charge in [0.05, 0.1) is 9.52 Å². The van der Waals surface area contributed by atoms with Gasteiger partial charge in [0, 0.05) is 0 Å². The van der Waals surface area contributed by atoms with Crippen LogP contribution in [0.4, 0.5) is 0 Å². The molecule has 3 aromatic carbocycles. The Hall–Kier alpha value is -1.91. The Morgan fingerprint density at radius 3 is 1.70 bits per heavy atom. The third-order valence-corrected chi connectivity index (χ3v) is 13.0. The lowest BCUT2D eigenvalue weighted by Gasteiger charge is -2.27. The first kappa shape index (κ1) is 19.8. The van der Waals surface area contributed by atoms with Crippen LogP contribution in [0, 0.1) is 0 Å². The Balaban J connectivity index is 1.90. The van der Waals surface area contributed by atoms with Gasteiger partial charge in [-0.25, -0.2) is 0 Å². The molecule has 0 aromatic heterocycles. The van der Waals surface area contributed by atoms with E-state index in [1.807, 2.05) is 0 Å². The average molecular weight is 389 g/mol. The second-order valence-electron chi connectivity index (χ2n) is 7.60. The molecule has 27 heavy (non-hydrogen) atoms. The Morgan fingerprint density at radius 1 is 0.667 bits per heavy atom. The van der Waals surface area contributed by atoms with E-state index in [1.165, 1.54) is 32.1 Å². The van der Waals surface area contributed by atoms with Gasteiger partial charge in [0.1, 0.15) is 8.80 Å². The lowest BCUT2D eigenvalue weighted by molar-refractivity contribution is 0.645. The summed E-state index contributed by atoms with van der Waals surface area (Å²) in [5, 5.41) is 5.76. The van der Waals surface area contributed by atoms with Crippen LogP contribution in [0.2, 0.25) is 5.16 Å². The molecule has 0 bridgehead atoms. The molecule has 0 heterocycles. The molecule has 1 unspecified atom stereocenters. The molecule has 140 valence electrons. The van der Waals surface area contributed by atoms with Crippen LogP contribution in [0.5, 0.6) is 0 Å². The van der Waals surface area contributed by atoms with E-state index in [9.17, 15) is 0 Å². The SMILES string of the molecule is CCCCCCC([SiH2]c1ccccc1)[SiH](c1ccccc1)c1ccccc1. The molecule has 0 saturated carbocycles. The van der Waals surface area contributed by atoms with Crippen LogP contribution >= 0.6 is 0 Å². The van der Waals surface area contributed by atoms with Crippen molar-refractivity contribution in [1.29, 1.82) is 0 Å². The fourth-order valence-corrected chi connectivity index (χ4v) is 12.5. The van der Waals surface area contributed by atoms with Crippen molar-refractivity contribution in [1.82, 2.24) is 0 Å². The van der Waals surface area contributed by atoms with E-state index >= 15 is 0 Å². The maximum absolute atomic E-state index is 2.39. The van der Waals surface area contributed by atoms with Crippen LogP contribution in [0.1, 0.15) is 39.0 Å². The predicted octanol–water partition coefficient (Wildman–Crippen LogP) is 3.82. The molecule has 0 saturated heterocycles. The van der Waals surface area contributed by atoms with E-state index in [4.69, 9.17) is 0 Å². The summed E-state index contributed by atoms with van der Waals surface area (Å²) in [6.07, 6.45) is 6.88. The van der Waals surface area contributed by atoms with Crippen molar-refractivity contribution in [2.24, 2.45) is 0 Å². The topological polar surface area (TPSA) is 0 Å². The number of hydrogen-bond donors (Lipinski definition) is 0. The zero-order valence-corrected chi connectivity index (χ0v) is 19.1. The molecule has 3 aromatic rings. The quantitative estimate of drug-likeness (QED) is 0.366. The molecule has 3 rings (SSSR count). The van der Waals surface area contributed by atoms with Gasteiger partial charge in [-0.05, 0) is 5.16 Å². The second-order valence-corrected chi connectivity index (χ2v) is 14.0. The lowest BCUT2D eigenvalue weighted by atomic mass is 10.2. The Morgan fingerprint density at radius 2 is 1.19 bits per heavy atom. The summed E-state index contributed by atoms with van der Waals surface area (Å²) in [4.78, 5) is 0. The Bertz CT molecular complexity index is 717. The molecule has 0 nitrogen and oxygen atoms in total. The monoisotopic (exact) mass is 388 g/mol. The first-order chi connectivity index (χ1) is 13.4. The molecule has 0 fully saturated rings. The van der Waals surface area contributed by atoms with Gasteiger partial charge in [-0.2, -0.15) is 0 Å². The highest BCUT2D eigenvalue weighted by atomic mass is 28.3. The van der Waals surface area contributed by atoms with E-state index in [0.717, 1.165) is 5.16 Å². The first-order valence-corrected chi connectivity index (χ1v) is 13.9. The molecule has 0 N–H and O–H groups in total. The summed E-state index contributed by atoms with van der Waals surface area (Å²) >= 11 is 0. The smallest absolute Gasteiger partial charge is 0.0669 e. The van der Waals surface area contributed by atoms with Crippen molar-refractivity contribution in [3.8, 4) is 0 Å². The summed E-state index contributed by atoms with van der Waals surface area (Å²) in [6.45, 7) is 2.31. The van der Waals surface area contributed by atoms with Crippen LogP contribution in [0.25, 0.3) is 0 Å². The molecule has 0 spiro atoms. The molecule has 1 atom stereocenters. The predicted molar refractivity (Wildman–Crippen MR) is 126 cm³/mol. The van der Waals surface area contributed by atoms with Crippen molar-refractivity contribution in [2.45, 2.75) is 44.2 Å². The van der Waals surface area contributed by atoms with Gasteiger partial charge in [-0.3, -0.25) is 0 Å². The number of rotatable bonds is 10. The summed E-state index contributed by atoms with van der Waals surface area (Å²) in [6, 6.07) is 34.1. The molecule has 0 aliphatic heterocycles. The Labute approximate surface area is 169 Å². The van der Waals surface area contributed by atoms with Crippen molar-refractivity contribution in [3.63, 3.8) is 0 Å². The maximum Gasteiger partial charge on any atom is 0.103 e. The standard InChI is InChI=1S/C25H32Si2/c1-2-3-4-14-21-25(26-22-15-8-5-9-16-22)27(23-17-10-6-11-18-23)24-19-12-7-13-20-24/h5-13,15-20,25,27H,2-4,14,21,26H2,1H3. The van der Waals surface area contributed by atoms with Gasteiger partial charge in [-0.15, -0.1) is 0 Å². The third kappa shape index (κ3) is 6.05. The second kappa shape index (κ2) is 11.1. The molecule has 0 aliphatic carbocycles. The van der Waals surface area contributed by atoms with Gasteiger partial charge in [0.2, 0.25) is 0 Å². The maximum atomic E-state index is 2.39. The van der Waals surface area contributed by atoms with Crippen LogP contribution in [-0.4, -0.2) is 18.3 Å². The van der Waals surface area contributed by atoms with Gasteiger partial charge < -0.3 is 0 Å². The van der Waals surface area contributed by atoms with Gasteiger partial charge >= 0.3 is 0 Å². The summed E-state index contributed by atoms with van der Waals surface area (Å²) in [5.41, 5.74) is 0. The van der Waals surface area contributed by atoms with Crippen LogP contribution < -0.4 is 15.6 Å². The number of benzene rings is 3. The van der Waals surface area contributed by atoms with Crippen molar-refractivity contribution < 1.29 is 0 Å².